The first kappa shape index (κ1) is 19.2. The van der Waals surface area contributed by atoms with Gasteiger partial charge in [-0.05, 0) is 55.6 Å². The summed E-state index contributed by atoms with van der Waals surface area (Å²) in [6, 6.07) is 13.2. The summed E-state index contributed by atoms with van der Waals surface area (Å²) in [5.74, 6) is 0. The zero-order chi connectivity index (χ0) is 21.5. The third kappa shape index (κ3) is 3.26. The number of hydrogen-bond donors (Lipinski definition) is 4. The highest BCUT2D eigenvalue weighted by Crippen LogP contribution is 2.35. The lowest BCUT2D eigenvalue weighted by Crippen LogP contribution is -2.45. The number of hydrogen-bond acceptors (Lipinski definition) is 5. The smallest absolute Gasteiger partial charge is 0.181 e. The third-order valence-electron chi connectivity index (χ3n) is 6.46. The topological polar surface area (TPSA) is 94.3 Å². The molecule has 5 heterocycles. The van der Waals surface area contributed by atoms with Crippen LogP contribution in [0.1, 0.15) is 17.5 Å². The molecule has 4 aromatic heterocycles. The van der Waals surface area contributed by atoms with Crippen LogP contribution >= 0.6 is 0 Å². The number of para-hydroxylation sites is 1. The number of pyridine rings is 2. The van der Waals surface area contributed by atoms with Crippen LogP contribution in [0.15, 0.2) is 55.0 Å². The van der Waals surface area contributed by atoms with E-state index < -0.39 is 0 Å². The molecule has 0 spiro atoms. The van der Waals surface area contributed by atoms with Crippen molar-refractivity contribution in [3.05, 3.63) is 66.1 Å². The van der Waals surface area contributed by atoms with Crippen molar-refractivity contribution in [1.82, 2.24) is 35.8 Å². The van der Waals surface area contributed by atoms with E-state index in [1.165, 1.54) is 16.5 Å². The van der Waals surface area contributed by atoms with E-state index in [1.54, 1.807) is 0 Å². The van der Waals surface area contributed by atoms with Crippen LogP contribution in [-0.2, 0) is 6.42 Å². The predicted octanol–water partition coefficient (Wildman–Crippen LogP) is 3.93. The van der Waals surface area contributed by atoms with Crippen LogP contribution in [0.5, 0.6) is 0 Å². The Morgan fingerprint density at radius 2 is 2.00 bits per heavy atom. The first-order valence-corrected chi connectivity index (χ1v) is 11.1. The number of aromatic nitrogens is 5. The Hall–Kier alpha value is -3.55. The molecule has 160 valence electrons. The van der Waals surface area contributed by atoms with Gasteiger partial charge in [-0.25, -0.2) is 4.98 Å². The lowest BCUT2D eigenvalue weighted by molar-refractivity contribution is 0.388. The highest BCUT2D eigenvalue weighted by molar-refractivity contribution is 5.98. The average molecular weight is 424 g/mol. The molecule has 1 unspecified atom stereocenters. The largest absolute Gasteiger partial charge is 0.353 e. The van der Waals surface area contributed by atoms with Crippen molar-refractivity contribution in [2.75, 3.05) is 13.2 Å². The summed E-state index contributed by atoms with van der Waals surface area (Å²) in [5, 5.41) is 17.0. The summed E-state index contributed by atoms with van der Waals surface area (Å²) in [6.45, 7) is 3.99. The van der Waals surface area contributed by atoms with E-state index in [9.17, 15) is 0 Å². The molecule has 0 aliphatic carbocycles. The Balaban J connectivity index is 1.51. The van der Waals surface area contributed by atoms with Crippen molar-refractivity contribution in [3.8, 4) is 22.5 Å². The normalized spacial score (nSPS) is 16.7. The minimum Gasteiger partial charge on any atom is -0.353 e. The van der Waals surface area contributed by atoms with E-state index in [-0.39, 0.29) is 0 Å². The number of benzene rings is 1. The first-order valence-electron chi connectivity index (χ1n) is 11.1. The summed E-state index contributed by atoms with van der Waals surface area (Å²) in [4.78, 5) is 12.6. The Kier molecular flexibility index (Phi) is 4.70. The Labute approximate surface area is 185 Å². The summed E-state index contributed by atoms with van der Waals surface area (Å²) >= 11 is 0. The van der Waals surface area contributed by atoms with Crippen LogP contribution in [0.4, 0.5) is 0 Å². The second kappa shape index (κ2) is 7.85. The van der Waals surface area contributed by atoms with Gasteiger partial charge in [0, 0.05) is 58.7 Å². The van der Waals surface area contributed by atoms with Crippen LogP contribution in [0.3, 0.4) is 0 Å². The Morgan fingerprint density at radius 3 is 2.88 bits per heavy atom. The molecule has 0 radical (unpaired) electrons. The number of aryl methyl sites for hydroxylation is 1. The summed E-state index contributed by atoms with van der Waals surface area (Å²) in [5.41, 5.74) is 8.56. The summed E-state index contributed by atoms with van der Waals surface area (Å²) in [6.07, 6.45) is 7.65. The highest BCUT2D eigenvalue weighted by atomic mass is 15.2. The molecule has 1 atom stereocenters. The summed E-state index contributed by atoms with van der Waals surface area (Å²) < 4.78 is 0. The minimum atomic E-state index is 0.440. The number of nitrogens with one attached hydrogen (secondary N) is 4. The SMILES string of the molecule is Cc1ccncc1-c1cnc2n[nH]c(-c3[nH]c4ccccc4c3CC3CCNCN3)c2c1. The molecule has 0 bridgehead atoms. The molecule has 6 rings (SSSR count). The molecule has 1 fully saturated rings. The predicted molar refractivity (Wildman–Crippen MR) is 127 cm³/mol. The van der Waals surface area contributed by atoms with Gasteiger partial charge in [-0.3, -0.25) is 10.1 Å². The number of rotatable bonds is 4. The van der Waals surface area contributed by atoms with E-state index >= 15 is 0 Å². The van der Waals surface area contributed by atoms with Crippen LogP contribution in [-0.4, -0.2) is 44.4 Å². The van der Waals surface area contributed by atoms with Crippen molar-refractivity contribution in [2.24, 2.45) is 0 Å². The van der Waals surface area contributed by atoms with E-state index in [0.29, 0.717) is 6.04 Å². The first-order chi connectivity index (χ1) is 15.8. The summed E-state index contributed by atoms with van der Waals surface area (Å²) in [7, 11) is 0. The fourth-order valence-electron chi connectivity index (χ4n) is 4.73. The van der Waals surface area contributed by atoms with Gasteiger partial charge in [-0.15, -0.1) is 0 Å². The molecule has 1 aliphatic heterocycles. The average Bonchev–Trinajstić information content (AvgIpc) is 3.41. The zero-order valence-corrected chi connectivity index (χ0v) is 17.9. The molecule has 0 saturated carbocycles. The molecule has 7 heteroatoms. The molecule has 1 saturated heterocycles. The Bertz CT molecular complexity index is 1410. The van der Waals surface area contributed by atoms with E-state index in [0.717, 1.165) is 65.1 Å². The molecule has 1 aliphatic rings. The maximum absolute atomic E-state index is 4.64. The zero-order valence-electron chi connectivity index (χ0n) is 17.9. The van der Waals surface area contributed by atoms with Crippen molar-refractivity contribution in [3.63, 3.8) is 0 Å². The van der Waals surface area contributed by atoms with E-state index in [4.69, 9.17) is 0 Å². The van der Waals surface area contributed by atoms with E-state index in [1.807, 2.05) is 24.7 Å². The van der Waals surface area contributed by atoms with Gasteiger partial charge in [0.2, 0.25) is 0 Å². The van der Waals surface area contributed by atoms with Crippen LogP contribution in [0.25, 0.3) is 44.5 Å². The van der Waals surface area contributed by atoms with Crippen molar-refractivity contribution in [2.45, 2.75) is 25.8 Å². The Morgan fingerprint density at radius 1 is 1.06 bits per heavy atom. The fraction of sp³-hybridized carbons (Fsp3) is 0.240. The molecule has 7 nitrogen and oxygen atoms in total. The molecule has 32 heavy (non-hydrogen) atoms. The van der Waals surface area contributed by atoms with Gasteiger partial charge in [-0.2, -0.15) is 5.10 Å². The van der Waals surface area contributed by atoms with Gasteiger partial charge in [0.1, 0.15) is 0 Å². The monoisotopic (exact) mass is 423 g/mol. The minimum absolute atomic E-state index is 0.440. The quantitative estimate of drug-likeness (QED) is 0.351. The van der Waals surface area contributed by atoms with Crippen LogP contribution in [0.2, 0.25) is 0 Å². The van der Waals surface area contributed by atoms with Gasteiger partial charge in [-0.1, -0.05) is 18.2 Å². The molecule has 1 aromatic carbocycles. The van der Waals surface area contributed by atoms with Gasteiger partial charge >= 0.3 is 0 Å². The van der Waals surface area contributed by atoms with Gasteiger partial charge < -0.3 is 15.6 Å². The second-order valence-electron chi connectivity index (χ2n) is 8.48. The lowest BCUT2D eigenvalue weighted by Gasteiger charge is -2.24. The molecule has 0 amide bonds. The van der Waals surface area contributed by atoms with Crippen LogP contribution in [0, 0.1) is 6.92 Å². The van der Waals surface area contributed by atoms with Crippen LogP contribution < -0.4 is 10.6 Å². The third-order valence-corrected chi connectivity index (χ3v) is 6.46. The van der Waals surface area contributed by atoms with Crippen molar-refractivity contribution in [1.29, 1.82) is 0 Å². The maximum atomic E-state index is 4.64. The maximum Gasteiger partial charge on any atom is 0.181 e. The molecule has 5 aromatic rings. The molecular formula is C25H25N7. The van der Waals surface area contributed by atoms with Gasteiger partial charge in [0.15, 0.2) is 5.65 Å². The number of aromatic amines is 2. The van der Waals surface area contributed by atoms with Crippen molar-refractivity contribution >= 4 is 21.9 Å². The highest BCUT2D eigenvalue weighted by Gasteiger charge is 2.22. The van der Waals surface area contributed by atoms with Gasteiger partial charge in [0.25, 0.3) is 0 Å². The number of nitrogens with zero attached hydrogens (tertiary/aromatic N) is 3. The van der Waals surface area contributed by atoms with Crippen molar-refractivity contribution < 1.29 is 0 Å². The second-order valence-corrected chi connectivity index (χ2v) is 8.48. The number of H-pyrrole nitrogens is 2. The molecular weight excluding hydrogens is 398 g/mol. The fourth-order valence-corrected chi connectivity index (χ4v) is 4.73. The van der Waals surface area contributed by atoms with E-state index in [2.05, 4.69) is 73.0 Å². The molecule has 4 N–H and O–H groups in total. The van der Waals surface area contributed by atoms with Gasteiger partial charge in [0.05, 0.1) is 11.4 Å². The number of fused-ring (bicyclic) bond motifs is 2. The standard InChI is InChI=1S/C25H25N7/c1-15-6-8-26-13-21(15)16-10-20-24(31-32-25(20)28-12-16)23-19(11-17-7-9-27-14-29-17)18-4-2-3-5-22(18)30-23/h2-6,8,10,12-13,17,27,29-30H,7,9,11,14H2,1H3,(H,28,31,32). The lowest BCUT2D eigenvalue weighted by atomic mass is 9.97.